The number of para-hydroxylation sites is 1. The van der Waals surface area contributed by atoms with Gasteiger partial charge in [-0.05, 0) is 12.1 Å². The van der Waals surface area contributed by atoms with Gasteiger partial charge in [0.1, 0.15) is 5.82 Å². The van der Waals surface area contributed by atoms with Crippen molar-refractivity contribution in [2.75, 3.05) is 5.32 Å². The number of carbonyl (C=O) groups is 1. The van der Waals surface area contributed by atoms with Crippen molar-refractivity contribution in [2.24, 2.45) is 7.05 Å². The number of hydrogen-bond donors (Lipinski definition) is 2. The molecule has 6 heteroatoms. The molecule has 0 fully saturated rings. The molecule has 0 aliphatic rings. The van der Waals surface area contributed by atoms with E-state index in [2.05, 4.69) is 10.4 Å². The minimum absolute atomic E-state index is 0.0201. The Labute approximate surface area is 96.5 Å². The molecule has 0 aliphatic heterocycles. The topological polar surface area (TPSA) is 67.2 Å². The highest BCUT2D eigenvalue weighted by atomic mass is 19.1. The number of nitrogens with one attached hydrogen (secondary N) is 1. The number of anilines is 2. The molecule has 0 saturated heterocycles. The van der Waals surface area contributed by atoms with Gasteiger partial charge in [0.25, 0.3) is 0 Å². The lowest BCUT2D eigenvalue weighted by Gasteiger charge is -2.06. The van der Waals surface area contributed by atoms with Crippen molar-refractivity contribution in [3.05, 3.63) is 42.0 Å². The number of carboxylic acids is 1. The predicted octanol–water partition coefficient (Wildman–Crippen LogP) is 2.00. The van der Waals surface area contributed by atoms with Crippen LogP contribution >= 0.6 is 0 Å². The standard InChI is InChI=1S/C11H10FN3O2/c1-15-10(11(16)17)9(6-13-15)14-8-5-3-2-4-7(8)12/h2-6,14H,1H3,(H,16,17). The Kier molecular flexibility index (Phi) is 2.78. The van der Waals surface area contributed by atoms with Crippen LogP contribution in [0.3, 0.4) is 0 Å². The molecule has 17 heavy (non-hydrogen) atoms. The first-order chi connectivity index (χ1) is 8.09. The maximum Gasteiger partial charge on any atom is 0.356 e. The fourth-order valence-corrected chi connectivity index (χ4v) is 1.49. The van der Waals surface area contributed by atoms with E-state index in [0.29, 0.717) is 0 Å². The van der Waals surface area contributed by atoms with E-state index in [4.69, 9.17) is 5.11 Å². The Balaban J connectivity index is 2.37. The van der Waals surface area contributed by atoms with Crippen LogP contribution in [0.2, 0.25) is 0 Å². The highest BCUT2D eigenvalue weighted by Gasteiger charge is 2.16. The molecular formula is C11H10FN3O2. The summed E-state index contributed by atoms with van der Waals surface area (Å²) in [5, 5.41) is 15.5. The molecule has 5 nitrogen and oxygen atoms in total. The molecule has 1 heterocycles. The van der Waals surface area contributed by atoms with Crippen LogP contribution in [-0.2, 0) is 7.05 Å². The molecule has 0 spiro atoms. The molecule has 2 rings (SSSR count). The molecule has 2 aromatic rings. The SMILES string of the molecule is Cn1ncc(Nc2ccccc2F)c1C(=O)O. The molecule has 1 aromatic carbocycles. The summed E-state index contributed by atoms with van der Waals surface area (Å²) >= 11 is 0. The third kappa shape index (κ3) is 2.10. The minimum atomic E-state index is -1.12. The van der Waals surface area contributed by atoms with Crippen molar-refractivity contribution in [3.8, 4) is 0 Å². The normalized spacial score (nSPS) is 10.2. The first-order valence-corrected chi connectivity index (χ1v) is 4.86. The minimum Gasteiger partial charge on any atom is -0.476 e. The van der Waals surface area contributed by atoms with E-state index in [1.807, 2.05) is 0 Å². The zero-order valence-electron chi connectivity index (χ0n) is 9.01. The van der Waals surface area contributed by atoms with Crippen LogP contribution in [0, 0.1) is 5.82 Å². The summed E-state index contributed by atoms with van der Waals surface area (Å²) in [6.45, 7) is 0. The molecule has 0 aliphatic carbocycles. The number of halogens is 1. The quantitative estimate of drug-likeness (QED) is 0.853. The van der Waals surface area contributed by atoms with Crippen LogP contribution in [-0.4, -0.2) is 20.9 Å². The molecule has 0 unspecified atom stereocenters. The summed E-state index contributed by atoms with van der Waals surface area (Å²) in [7, 11) is 1.51. The van der Waals surface area contributed by atoms with Gasteiger partial charge >= 0.3 is 5.97 Å². The molecule has 0 bridgehead atoms. The van der Waals surface area contributed by atoms with Gasteiger partial charge < -0.3 is 10.4 Å². The van der Waals surface area contributed by atoms with Crippen molar-refractivity contribution in [2.45, 2.75) is 0 Å². The maximum absolute atomic E-state index is 13.4. The van der Waals surface area contributed by atoms with Gasteiger partial charge in [-0.25, -0.2) is 9.18 Å². The van der Waals surface area contributed by atoms with Crippen molar-refractivity contribution in [1.82, 2.24) is 9.78 Å². The van der Waals surface area contributed by atoms with Crippen molar-refractivity contribution >= 4 is 17.3 Å². The predicted molar refractivity (Wildman–Crippen MR) is 59.9 cm³/mol. The third-order valence-electron chi connectivity index (χ3n) is 2.28. The Morgan fingerprint density at radius 3 is 2.76 bits per heavy atom. The Morgan fingerprint density at radius 2 is 2.12 bits per heavy atom. The Morgan fingerprint density at radius 1 is 1.41 bits per heavy atom. The van der Waals surface area contributed by atoms with E-state index in [1.165, 1.54) is 30.1 Å². The average Bonchev–Trinajstić information content (AvgIpc) is 2.63. The summed E-state index contributed by atoms with van der Waals surface area (Å²) in [5.74, 6) is -1.57. The van der Waals surface area contributed by atoms with Gasteiger partial charge in [0.2, 0.25) is 0 Å². The lowest BCUT2D eigenvalue weighted by Crippen LogP contribution is -2.08. The first-order valence-electron chi connectivity index (χ1n) is 4.86. The van der Waals surface area contributed by atoms with Gasteiger partial charge in [-0.15, -0.1) is 0 Å². The van der Waals surface area contributed by atoms with Crippen LogP contribution in [0.1, 0.15) is 10.5 Å². The zero-order chi connectivity index (χ0) is 12.4. The van der Waals surface area contributed by atoms with Gasteiger partial charge in [0.05, 0.1) is 17.6 Å². The Bertz CT molecular complexity index is 566. The number of rotatable bonds is 3. The Hall–Kier alpha value is -2.37. The van der Waals surface area contributed by atoms with E-state index >= 15 is 0 Å². The molecule has 0 atom stereocenters. The average molecular weight is 235 g/mol. The second-order valence-electron chi connectivity index (χ2n) is 3.44. The van der Waals surface area contributed by atoms with E-state index in [1.54, 1.807) is 12.1 Å². The van der Waals surface area contributed by atoms with Crippen LogP contribution < -0.4 is 5.32 Å². The highest BCUT2D eigenvalue weighted by Crippen LogP contribution is 2.22. The number of aryl methyl sites for hydroxylation is 1. The molecular weight excluding hydrogens is 225 g/mol. The van der Waals surface area contributed by atoms with Gasteiger partial charge in [-0.2, -0.15) is 5.10 Å². The molecule has 88 valence electrons. The summed E-state index contributed by atoms with van der Waals surface area (Å²) in [4.78, 5) is 11.0. The summed E-state index contributed by atoms with van der Waals surface area (Å²) in [6.07, 6.45) is 1.34. The van der Waals surface area contributed by atoms with E-state index in [-0.39, 0.29) is 17.1 Å². The van der Waals surface area contributed by atoms with Crippen LogP contribution in [0.5, 0.6) is 0 Å². The highest BCUT2D eigenvalue weighted by molar-refractivity contribution is 5.93. The summed E-state index contributed by atoms with van der Waals surface area (Å²) in [5.41, 5.74) is 0.446. The van der Waals surface area contributed by atoms with Crippen LogP contribution in [0.4, 0.5) is 15.8 Å². The van der Waals surface area contributed by atoms with Gasteiger partial charge in [-0.1, -0.05) is 12.1 Å². The molecule has 0 saturated carbocycles. The number of aromatic carboxylic acids is 1. The number of hydrogen-bond acceptors (Lipinski definition) is 3. The largest absolute Gasteiger partial charge is 0.476 e. The van der Waals surface area contributed by atoms with E-state index in [0.717, 1.165) is 0 Å². The second-order valence-corrected chi connectivity index (χ2v) is 3.44. The monoisotopic (exact) mass is 235 g/mol. The number of carboxylic acid groups (broad SMARTS) is 1. The fraction of sp³-hybridized carbons (Fsp3) is 0.0909. The van der Waals surface area contributed by atoms with E-state index < -0.39 is 11.8 Å². The number of aromatic nitrogens is 2. The van der Waals surface area contributed by atoms with Crippen LogP contribution in [0.15, 0.2) is 30.5 Å². The lowest BCUT2D eigenvalue weighted by atomic mass is 10.3. The van der Waals surface area contributed by atoms with E-state index in [9.17, 15) is 9.18 Å². The molecule has 1 aromatic heterocycles. The van der Waals surface area contributed by atoms with Crippen molar-refractivity contribution < 1.29 is 14.3 Å². The fourth-order valence-electron chi connectivity index (χ4n) is 1.49. The smallest absolute Gasteiger partial charge is 0.356 e. The summed E-state index contributed by atoms with van der Waals surface area (Å²) in [6, 6.07) is 6.02. The first kappa shape index (κ1) is 11.1. The number of benzene rings is 1. The zero-order valence-corrected chi connectivity index (χ0v) is 9.01. The van der Waals surface area contributed by atoms with Crippen LogP contribution in [0.25, 0.3) is 0 Å². The van der Waals surface area contributed by atoms with Gasteiger partial charge in [0, 0.05) is 7.05 Å². The number of nitrogens with zero attached hydrogens (tertiary/aromatic N) is 2. The molecule has 0 amide bonds. The van der Waals surface area contributed by atoms with Crippen molar-refractivity contribution in [3.63, 3.8) is 0 Å². The van der Waals surface area contributed by atoms with Gasteiger partial charge in [-0.3, -0.25) is 4.68 Å². The van der Waals surface area contributed by atoms with Gasteiger partial charge in [0.15, 0.2) is 5.69 Å². The maximum atomic E-state index is 13.4. The second kappa shape index (κ2) is 4.25. The summed E-state index contributed by atoms with van der Waals surface area (Å²) < 4.78 is 14.6. The third-order valence-corrected chi connectivity index (χ3v) is 2.28. The lowest BCUT2D eigenvalue weighted by molar-refractivity contribution is 0.0686. The molecule has 2 N–H and O–H groups in total. The molecule has 0 radical (unpaired) electrons. The van der Waals surface area contributed by atoms with Crippen molar-refractivity contribution in [1.29, 1.82) is 0 Å².